The first kappa shape index (κ1) is 7.81. The van der Waals surface area contributed by atoms with E-state index in [9.17, 15) is 0 Å². The Morgan fingerprint density at radius 1 is 1.00 bits per heavy atom. The lowest BCUT2D eigenvalue weighted by molar-refractivity contribution is 0.588. The summed E-state index contributed by atoms with van der Waals surface area (Å²) in [7, 11) is 0. The first-order chi connectivity index (χ1) is 5.97. The van der Waals surface area contributed by atoms with E-state index in [1.807, 2.05) is 0 Å². The topological polar surface area (TPSA) is 14.1 Å². The monoisotopic (exact) mass is 160 g/mol. The number of rotatable bonds is 0. The fourth-order valence-corrected chi connectivity index (χ4v) is 1.69. The van der Waals surface area contributed by atoms with Crippen molar-refractivity contribution >= 4 is 0 Å². The van der Waals surface area contributed by atoms with Gasteiger partial charge >= 0.3 is 0 Å². The van der Waals surface area contributed by atoms with E-state index in [4.69, 9.17) is 0 Å². The highest BCUT2D eigenvalue weighted by Gasteiger charge is 2.04. The molecule has 63 valence electrons. The number of nitrogens with zero attached hydrogens (tertiary/aromatic N) is 1. The van der Waals surface area contributed by atoms with E-state index in [1.54, 1.807) is 0 Å². The molecule has 12 heavy (non-hydrogen) atoms. The normalized spacial score (nSPS) is 17.7. The average molecular weight is 160 g/mol. The molecule has 0 N–H and O–H groups in total. The highest BCUT2D eigenvalue weighted by Crippen LogP contribution is 2.14. The molecular weight excluding hydrogens is 146 g/mol. The van der Waals surface area contributed by atoms with Gasteiger partial charge in [-0.2, -0.15) is 0 Å². The van der Waals surface area contributed by atoms with Crippen LogP contribution in [0.1, 0.15) is 24.0 Å². The predicted molar refractivity (Wildman–Crippen MR) is 50.1 cm³/mol. The Balaban J connectivity index is 2.24. The summed E-state index contributed by atoms with van der Waals surface area (Å²) >= 11 is 0. The second kappa shape index (κ2) is 3.72. The van der Waals surface area contributed by atoms with Gasteiger partial charge in [0.2, 0.25) is 0 Å². The maximum Gasteiger partial charge on any atom is 0.0386 e. The molecule has 1 aromatic carbocycles. The molecule has 1 radical (unpaired) electrons. The van der Waals surface area contributed by atoms with Crippen molar-refractivity contribution in [3.05, 3.63) is 35.4 Å². The van der Waals surface area contributed by atoms with Gasteiger partial charge in [-0.3, -0.25) is 0 Å². The van der Waals surface area contributed by atoms with Crippen molar-refractivity contribution in [2.75, 3.05) is 6.54 Å². The zero-order valence-electron chi connectivity index (χ0n) is 7.29. The van der Waals surface area contributed by atoms with Gasteiger partial charge in [0.15, 0.2) is 0 Å². The quantitative estimate of drug-likeness (QED) is 0.552. The number of benzene rings is 1. The van der Waals surface area contributed by atoms with Gasteiger partial charge in [0.05, 0.1) is 0 Å². The van der Waals surface area contributed by atoms with Crippen molar-refractivity contribution in [1.29, 1.82) is 0 Å². The van der Waals surface area contributed by atoms with Crippen LogP contribution in [0, 0.1) is 0 Å². The number of aryl methyl sites for hydroxylation is 1. The van der Waals surface area contributed by atoms with Crippen LogP contribution in [-0.4, -0.2) is 6.54 Å². The third-order valence-electron chi connectivity index (χ3n) is 2.41. The molecule has 1 aliphatic rings. The molecule has 0 bridgehead atoms. The summed E-state index contributed by atoms with van der Waals surface area (Å²) in [6.45, 7) is 1.98. The van der Waals surface area contributed by atoms with Crippen LogP contribution in [0.4, 0.5) is 0 Å². The minimum absolute atomic E-state index is 0.927. The molecule has 0 amide bonds. The lowest BCUT2D eigenvalue weighted by Gasteiger charge is -2.12. The Morgan fingerprint density at radius 2 is 1.83 bits per heavy atom. The van der Waals surface area contributed by atoms with Gasteiger partial charge < -0.3 is 0 Å². The number of fused-ring (bicyclic) bond motifs is 1. The molecule has 0 aliphatic carbocycles. The second-order valence-corrected chi connectivity index (χ2v) is 3.33. The molecule has 0 saturated heterocycles. The molecule has 1 nitrogen and oxygen atoms in total. The van der Waals surface area contributed by atoms with E-state index in [2.05, 4.69) is 29.6 Å². The summed E-state index contributed by atoms with van der Waals surface area (Å²) in [5.41, 5.74) is 2.93. The second-order valence-electron chi connectivity index (χ2n) is 3.33. The molecule has 0 unspecified atom stereocenters. The largest absolute Gasteiger partial charge is 0.237 e. The van der Waals surface area contributed by atoms with Crippen LogP contribution >= 0.6 is 0 Å². The van der Waals surface area contributed by atoms with Crippen LogP contribution in [0.15, 0.2) is 24.3 Å². The van der Waals surface area contributed by atoms with Crippen molar-refractivity contribution in [1.82, 2.24) is 5.32 Å². The Kier molecular flexibility index (Phi) is 2.42. The molecule has 2 rings (SSSR count). The van der Waals surface area contributed by atoms with Crippen LogP contribution in [0.25, 0.3) is 0 Å². The standard InChI is InChI=1S/C11H14N/c1-2-7-11-9-12-8-4-3-6-10(11)5-1/h1-2,5,7H,3-4,6,8-9H2. The van der Waals surface area contributed by atoms with Gasteiger partial charge in [-0.05, 0) is 30.4 Å². The maximum atomic E-state index is 4.47. The first-order valence-electron chi connectivity index (χ1n) is 4.67. The van der Waals surface area contributed by atoms with Crippen LogP contribution in [0.2, 0.25) is 0 Å². The molecule has 1 heteroatoms. The zero-order valence-corrected chi connectivity index (χ0v) is 7.29. The fraction of sp³-hybridized carbons (Fsp3) is 0.455. The van der Waals surface area contributed by atoms with Crippen LogP contribution in [0.5, 0.6) is 0 Å². The molecule has 0 atom stereocenters. The van der Waals surface area contributed by atoms with E-state index in [0.29, 0.717) is 0 Å². The highest BCUT2D eigenvalue weighted by molar-refractivity contribution is 5.27. The van der Waals surface area contributed by atoms with Gasteiger partial charge in [-0.1, -0.05) is 24.3 Å². The molecule has 0 spiro atoms. The molecule has 1 heterocycles. The zero-order chi connectivity index (χ0) is 8.23. The van der Waals surface area contributed by atoms with Crippen molar-refractivity contribution in [2.24, 2.45) is 0 Å². The minimum atomic E-state index is 0.927. The third kappa shape index (κ3) is 1.67. The predicted octanol–water partition coefficient (Wildman–Crippen LogP) is 2.13. The van der Waals surface area contributed by atoms with Crippen molar-refractivity contribution in [3.8, 4) is 0 Å². The van der Waals surface area contributed by atoms with Crippen molar-refractivity contribution in [3.63, 3.8) is 0 Å². The Hall–Kier alpha value is -0.820. The summed E-state index contributed by atoms with van der Waals surface area (Å²) in [6.07, 6.45) is 3.79. The Bertz CT molecular complexity index is 228. The molecular formula is C11H14N. The average Bonchev–Trinajstić information content (AvgIpc) is 2.06. The molecule has 1 aromatic rings. The lowest BCUT2D eigenvalue weighted by atomic mass is 10.0. The summed E-state index contributed by atoms with van der Waals surface area (Å²) in [5, 5.41) is 4.47. The van der Waals surface area contributed by atoms with Crippen molar-refractivity contribution in [2.45, 2.75) is 25.8 Å². The van der Waals surface area contributed by atoms with Gasteiger partial charge in [-0.25, -0.2) is 5.32 Å². The summed E-state index contributed by atoms with van der Waals surface area (Å²) < 4.78 is 0. The Labute approximate surface area is 73.8 Å². The number of hydrogen-bond donors (Lipinski definition) is 0. The summed E-state index contributed by atoms with van der Waals surface area (Å²) in [5.74, 6) is 0. The summed E-state index contributed by atoms with van der Waals surface area (Å²) in [4.78, 5) is 0. The van der Waals surface area contributed by atoms with Crippen LogP contribution in [-0.2, 0) is 13.0 Å². The first-order valence-corrected chi connectivity index (χ1v) is 4.67. The Morgan fingerprint density at radius 3 is 2.75 bits per heavy atom. The van der Waals surface area contributed by atoms with E-state index in [-0.39, 0.29) is 0 Å². The number of hydrogen-bond acceptors (Lipinski definition) is 0. The fourth-order valence-electron chi connectivity index (χ4n) is 1.69. The van der Waals surface area contributed by atoms with Gasteiger partial charge in [-0.15, -0.1) is 0 Å². The molecule has 0 aromatic heterocycles. The van der Waals surface area contributed by atoms with E-state index < -0.39 is 0 Å². The smallest absolute Gasteiger partial charge is 0.0386 e. The third-order valence-corrected chi connectivity index (χ3v) is 2.41. The van der Waals surface area contributed by atoms with Crippen LogP contribution in [0.3, 0.4) is 0 Å². The van der Waals surface area contributed by atoms with E-state index >= 15 is 0 Å². The minimum Gasteiger partial charge on any atom is -0.237 e. The van der Waals surface area contributed by atoms with E-state index in [1.165, 1.54) is 30.4 Å². The highest BCUT2D eigenvalue weighted by atomic mass is 14.8. The van der Waals surface area contributed by atoms with Gasteiger partial charge in [0.1, 0.15) is 0 Å². The molecule has 0 fully saturated rings. The lowest BCUT2D eigenvalue weighted by Crippen LogP contribution is -2.11. The van der Waals surface area contributed by atoms with Gasteiger partial charge in [0.25, 0.3) is 0 Å². The van der Waals surface area contributed by atoms with Crippen molar-refractivity contribution < 1.29 is 0 Å². The molecule has 1 aliphatic heterocycles. The van der Waals surface area contributed by atoms with E-state index in [0.717, 1.165) is 13.1 Å². The molecule has 0 saturated carbocycles. The van der Waals surface area contributed by atoms with Gasteiger partial charge in [0, 0.05) is 13.1 Å². The van der Waals surface area contributed by atoms with Crippen LogP contribution < -0.4 is 5.32 Å². The summed E-state index contributed by atoms with van der Waals surface area (Å²) in [6, 6.07) is 8.66. The maximum absolute atomic E-state index is 4.47. The SMILES string of the molecule is c1ccc2c(c1)CCCC[N]C2.